The van der Waals surface area contributed by atoms with Crippen LogP contribution in [0.2, 0.25) is 0 Å². The molecule has 0 saturated heterocycles. The summed E-state index contributed by atoms with van der Waals surface area (Å²) in [6.45, 7) is 3.07. The van der Waals surface area contributed by atoms with Crippen molar-refractivity contribution in [3.63, 3.8) is 0 Å². The molecule has 0 aliphatic rings. The fraction of sp³-hybridized carbons (Fsp3) is 0.455. The van der Waals surface area contributed by atoms with E-state index in [1.54, 1.807) is 6.07 Å². The van der Waals surface area contributed by atoms with Gasteiger partial charge in [0.25, 0.3) is 0 Å². The van der Waals surface area contributed by atoms with Crippen molar-refractivity contribution in [3.8, 4) is 5.75 Å². The molecule has 18 heavy (non-hydrogen) atoms. The van der Waals surface area contributed by atoms with E-state index in [4.69, 9.17) is 4.74 Å². The smallest absolute Gasteiger partial charge is 0.150 e. The van der Waals surface area contributed by atoms with Crippen molar-refractivity contribution in [3.05, 3.63) is 23.1 Å². The quantitative estimate of drug-likeness (QED) is 0.635. The molecule has 2 unspecified atom stereocenters. The van der Waals surface area contributed by atoms with E-state index in [9.17, 15) is 15.1 Å². The largest absolute Gasteiger partial charge is 0.494 e. The number of benzene rings is 1. The van der Waals surface area contributed by atoms with Crippen LogP contribution in [0.1, 0.15) is 13.8 Å². The lowest BCUT2D eigenvalue weighted by molar-refractivity contribution is 0.105. The van der Waals surface area contributed by atoms with Crippen molar-refractivity contribution in [1.82, 2.24) is 0 Å². The molecule has 0 bridgehead atoms. The number of halogens is 1. The Balaban J connectivity index is 0.00000289. The topological polar surface area (TPSA) is 82.4 Å². The van der Waals surface area contributed by atoms with Gasteiger partial charge in [-0.15, -0.1) is 17.3 Å². The number of nitrogens with zero attached hydrogens (tertiary/aromatic N) is 2. The van der Waals surface area contributed by atoms with Gasteiger partial charge >= 0.3 is 0 Å². The molecule has 0 spiro atoms. The number of aliphatic hydroxyl groups is 2. The zero-order valence-electron chi connectivity index (χ0n) is 10.4. The lowest BCUT2D eigenvalue weighted by Gasteiger charge is -2.30. The van der Waals surface area contributed by atoms with Gasteiger partial charge in [0.15, 0.2) is 0 Å². The fourth-order valence-electron chi connectivity index (χ4n) is 1.65. The van der Waals surface area contributed by atoms with E-state index in [0.717, 1.165) is 0 Å². The highest BCUT2D eigenvalue weighted by atomic mass is 35.5. The Morgan fingerprint density at radius 3 is 2.22 bits per heavy atom. The van der Waals surface area contributed by atoms with Gasteiger partial charge in [0.05, 0.1) is 7.11 Å². The second-order valence-corrected chi connectivity index (χ2v) is 3.62. The van der Waals surface area contributed by atoms with Gasteiger partial charge in [-0.05, 0) is 31.2 Å². The highest BCUT2D eigenvalue weighted by molar-refractivity contribution is 5.85. The van der Waals surface area contributed by atoms with Crippen LogP contribution in [0.25, 0.3) is 0 Å². The third kappa shape index (κ3) is 3.56. The average molecular weight is 277 g/mol. The highest BCUT2D eigenvalue weighted by Gasteiger charge is 2.18. The Morgan fingerprint density at radius 1 is 1.28 bits per heavy atom. The first kappa shape index (κ1) is 16.6. The molecule has 0 aliphatic carbocycles. The molecule has 102 valence electrons. The number of methoxy groups -OCH3 is 1. The molecule has 0 radical (unpaired) electrons. The SMILES string of the molecule is COc1cc(N(C(C)O)C(C)O)ccc1N=O.Cl. The minimum Gasteiger partial charge on any atom is -0.494 e. The number of aliphatic hydroxyl groups excluding tert-OH is 2. The molecule has 2 atom stereocenters. The molecule has 7 heteroatoms. The van der Waals surface area contributed by atoms with E-state index in [-0.39, 0.29) is 18.1 Å². The van der Waals surface area contributed by atoms with Gasteiger partial charge in [0.1, 0.15) is 23.9 Å². The summed E-state index contributed by atoms with van der Waals surface area (Å²) in [7, 11) is 1.42. The van der Waals surface area contributed by atoms with Crippen molar-refractivity contribution in [2.24, 2.45) is 5.18 Å². The van der Waals surface area contributed by atoms with Gasteiger partial charge in [-0.1, -0.05) is 0 Å². The Hall–Kier alpha value is -1.37. The van der Waals surface area contributed by atoms with Gasteiger partial charge in [-0.3, -0.25) is 0 Å². The molecule has 0 aliphatic heterocycles. The number of nitroso groups, excluding NO2 is 1. The van der Waals surface area contributed by atoms with Crippen LogP contribution in [0, 0.1) is 4.91 Å². The summed E-state index contributed by atoms with van der Waals surface area (Å²) >= 11 is 0. The van der Waals surface area contributed by atoms with Crippen LogP contribution in [-0.4, -0.2) is 29.8 Å². The summed E-state index contributed by atoms with van der Waals surface area (Å²) in [6, 6.07) is 4.59. The van der Waals surface area contributed by atoms with Crippen LogP contribution < -0.4 is 9.64 Å². The maximum atomic E-state index is 10.5. The Bertz CT molecular complexity index is 391. The van der Waals surface area contributed by atoms with E-state index in [0.29, 0.717) is 11.4 Å². The Labute approximate surface area is 112 Å². The fourth-order valence-corrected chi connectivity index (χ4v) is 1.65. The average Bonchev–Trinajstić information content (AvgIpc) is 2.27. The molecule has 1 aromatic rings. The maximum absolute atomic E-state index is 10.5. The molecule has 0 aromatic heterocycles. The second kappa shape index (κ2) is 7.15. The van der Waals surface area contributed by atoms with Gasteiger partial charge in [0.2, 0.25) is 0 Å². The number of hydrogen-bond donors (Lipinski definition) is 2. The number of ether oxygens (including phenoxy) is 1. The van der Waals surface area contributed by atoms with Crippen molar-refractivity contribution >= 4 is 23.8 Å². The number of rotatable bonds is 5. The molecule has 6 nitrogen and oxygen atoms in total. The summed E-state index contributed by atoms with van der Waals surface area (Å²) in [4.78, 5) is 11.9. The molecule has 0 amide bonds. The van der Waals surface area contributed by atoms with E-state index >= 15 is 0 Å². The van der Waals surface area contributed by atoms with Crippen LogP contribution in [-0.2, 0) is 0 Å². The second-order valence-electron chi connectivity index (χ2n) is 3.62. The summed E-state index contributed by atoms with van der Waals surface area (Å²) in [5, 5.41) is 21.9. The molecule has 0 saturated carbocycles. The molecule has 1 rings (SSSR count). The van der Waals surface area contributed by atoms with Crippen LogP contribution in [0.15, 0.2) is 23.4 Å². The zero-order valence-corrected chi connectivity index (χ0v) is 11.2. The van der Waals surface area contributed by atoms with Crippen LogP contribution >= 0.6 is 12.4 Å². The van der Waals surface area contributed by atoms with Crippen LogP contribution in [0.5, 0.6) is 5.75 Å². The summed E-state index contributed by atoms with van der Waals surface area (Å²) < 4.78 is 5.00. The first-order valence-electron chi connectivity index (χ1n) is 5.17. The van der Waals surface area contributed by atoms with Gasteiger partial charge in [-0.25, -0.2) is 0 Å². The lowest BCUT2D eigenvalue weighted by atomic mass is 10.2. The number of hydrogen-bond acceptors (Lipinski definition) is 6. The third-order valence-corrected chi connectivity index (χ3v) is 2.36. The molecular weight excluding hydrogens is 260 g/mol. The summed E-state index contributed by atoms with van der Waals surface area (Å²) in [5.74, 6) is 0.295. The monoisotopic (exact) mass is 276 g/mol. The molecular formula is C11H17ClN2O4. The van der Waals surface area contributed by atoms with Crippen molar-refractivity contribution in [2.75, 3.05) is 12.0 Å². The normalized spacial score (nSPS) is 13.2. The highest BCUT2D eigenvalue weighted by Crippen LogP contribution is 2.32. The predicted octanol–water partition coefficient (Wildman–Crippen LogP) is 2.00. The van der Waals surface area contributed by atoms with Gasteiger partial charge in [-0.2, -0.15) is 0 Å². The number of anilines is 1. The Kier molecular flexibility index (Phi) is 6.61. The predicted molar refractivity (Wildman–Crippen MR) is 71.5 cm³/mol. The summed E-state index contributed by atoms with van der Waals surface area (Å²) in [5.41, 5.74) is 0.714. The van der Waals surface area contributed by atoms with E-state index < -0.39 is 12.5 Å². The summed E-state index contributed by atoms with van der Waals surface area (Å²) in [6.07, 6.45) is -1.73. The maximum Gasteiger partial charge on any atom is 0.150 e. The van der Waals surface area contributed by atoms with Crippen LogP contribution in [0.3, 0.4) is 0 Å². The standard InChI is InChI=1S/C11H16N2O4.ClH/c1-7(14)13(8(2)15)9-4-5-10(12-16)11(6-9)17-3;/h4-8,14-15H,1-3H3;1H. The van der Waals surface area contributed by atoms with E-state index in [2.05, 4.69) is 5.18 Å². The van der Waals surface area contributed by atoms with Gasteiger partial charge < -0.3 is 19.8 Å². The Morgan fingerprint density at radius 2 is 1.83 bits per heavy atom. The molecule has 0 heterocycles. The minimum absolute atomic E-state index is 0. The molecule has 2 N–H and O–H groups in total. The van der Waals surface area contributed by atoms with Crippen molar-refractivity contribution in [2.45, 2.75) is 26.3 Å². The van der Waals surface area contributed by atoms with Crippen molar-refractivity contribution < 1.29 is 14.9 Å². The zero-order chi connectivity index (χ0) is 13.0. The molecule has 0 fully saturated rings. The first-order valence-corrected chi connectivity index (χ1v) is 5.17. The lowest BCUT2D eigenvalue weighted by Crippen LogP contribution is -2.40. The first-order chi connectivity index (χ1) is 8.01. The van der Waals surface area contributed by atoms with E-state index in [1.807, 2.05) is 0 Å². The molecule has 1 aromatic carbocycles. The van der Waals surface area contributed by atoms with Crippen LogP contribution in [0.4, 0.5) is 11.4 Å². The van der Waals surface area contributed by atoms with E-state index in [1.165, 1.54) is 38.0 Å². The third-order valence-electron chi connectivity index (χ3n) is 2.36. The van der Waals surface area contributed by atoms with Gasteiger partial charge in [0, 0.05) is 11.8 Å². The van der Waals surface area contributed by atoms with Crippen molar-refractivity contribution in [1.29, 1.82) is 0 Å². The minimum atomic E-state index is -0.866.